The molecule has 0 aliphatic heterocycles. The summed E-state index contributed by atoms with van der Waals surface area (Å²) in [5, 5.41) is 5.09. The van der Waals surface area contributed by atoms with Gasteiger partial charge in [0.25, 0.3) is 5.56 Å². The van der Waals surface area contributed by atoms with Crippen LogP contribution in [-0.2, 0) is 7.05 Å². The molecule has 0 fully saturated rings. The molecule has 0 amide bonds. The molecule has 0 spiro atoms. The monoisotopic (exact) mass is 245 g/mol. The van der Waals surface area contributed by atoms with Crippen molar-refractivity contribution < 1.29 is 0 Å². The summed E-state index contributed by atoms with van der Waals surface area (Å²) in [7, 11) is 5.86. The molecule has 18 heavy (non-hydrogen) atoms. The van der Waals surface area contributed by atoms with Crippen LogP contribution in [0.3, 0.4) is 0 Å². The van der Waals surface area contributed by atoms with Gasteiger partial charge in [-0.05, 0) is 43.7 Å². The van der Waals surface area contributed by atoms with Crippen LogP contribution in [0.5, 0.6) is 0 Å². The molecule has 1 N–H and O–H groups in total. The predicted octanol–water partition coefficient (Wildman–Crippen LogP) is 1.51. The third kappa shape index (κ3) is 2.71. The first-order chi connectivity index (χ1) is 8.58. The fourth-order valence-electron chi connectivity index (χ4n) is 1.88. The molecule has 2 aromatic rings. The van der Waals surface area contributed by atoms with Gasteiger partial charge in [0.15, 0.2) is 0 Å². The number of nitrogens with zero attached hydrogens (tertiary/aromatic N) is 2. The lowest BCUT2D eigenvalue weighted by molar-refractivity contribution is 0.425. The zero-order chi connectivity index (χ0) is 13.1. The minimum Gasteiger partial charge on any atom is -0.384 e. The van der Waals surface area contributed by atoms with Gasteiger partial charge < -0.3 is 14.8 Å². The maximum atomic E-state index is 11.9. The Balaban J connectivity index is 2.23. The van der Waals surface area contributed by atoms with E-state index in [9.17, 15) is 4.79 Å². The van der Waals surface area contributed by atoms with Crippen LogP contribution < -0.4 is 10.9 Å². The molecule has 0 saturated carbocycles. The molecule has 0 saturated heterocycles. The Bertz CT molecular complexity index is 602. The van der Waals surface area contributed by atoms with Crippen LogP contribution in [0.1, 0.15) is 0 Å². The molecule has 0 atom stereocenters. The van der Waals surface area contributed by atoms with Crippen molar-refractivity contribution in [2.75, 3.05) is 32.5 Å². The highest BCUT2D eigenvalue weighted by Gasteiger charge is 2.01. The second-order valence-corrected chi connectivity index (χ2v) is 4.76. The van der Waals surface area contributed by atoms with Gasteiger partial charge in [-0.15, -0.1) is 0 Å². The van der Waals surface area contributed by atoms with E-state index >= 15 is 0 Å². The summed E-state index contributed by atoms with van der Waals surface area (Å²) < 4.78 is 1.60. The van der Waals surface area contributed by atoms with E-state index in [4.69, 9.17) is 0 Å². The minimum absolute atomic E-state index is 0.0485. The summed E-state index contributed by atoms with van der Waals surface area (Å²) in [6, 6.07) is 7.83. The highest BCUT2D eigenvalue weighted by Crippen LogP contribution is 2.15. The van der Waals surface area contributed by atoms with Gasteiger partial charge >= 0.3 is 0 Å². The standard InChI is InChI=1S/C14H19N3O/c1-16(2)9-7-15-12-4-5-13-11(10-12)6-8-17(3)14(13)18/h4-6,8,10,15H,7,9H2,1-3H3. The number of hydrogen-bond acceptors (Lipinski definition) is 3. The topological polar surface area (TPSA) is 37.3 Å². The Kier molecular flexibility index (Phi) is 3.67. The number of anilines is 1. The fraction of sp³-hybridized carbons (Fsp3) is 0.357. The second kappa shape index (κ2) is 5.23. The molecule has 96 valence electrons. The number of aromatic nitrogens is 1. The molecule has 1 heterocycles. The van der Waals surface area contributed by atoms with Crippen molar-refractivity contribution in [2.24, 2.45) is 7.05 Å². The van der Waals surface area contributed by atoms with Gasteiger partial charge in [0.1, 0.15) is 0 Å². The van der Waals surface area contributed by atoms with Crippen LogP contribution in [0.25, 0.3) is 10.8 Å². The van der Waals surface area contributed by atoms with Crippen molar-refractivity contribution >= 4 is 16.5 Å². The van der Waals surface area contributed by atoms with Crippen LogP contribution in [0.2, 0.25) is 0 Å². The van der Waals surface area contributed by atoms with E-state index in [1.807, 2.05) is 38.4 Å². The van der Waals surface area contributed by atoms with Crippen molar-refractivity contribution in [3.63, 3.8) is 0 Å². The molecular weight excluding hydrogens is 226 g/mol. The van der Waals surface area contributed by atoms with Crippen molar-refractivity contribution in [3.05, 3.63) is 40.8 Å². The van der Waals surface area contributed by atoms with Crippen LogP contribution in [0.4, 0.5) is 5.69 Å². The first-order valence-corrected chi connectivity index (χ1v) is 6.06. The highest BCUT2D eigenvalue weighted by atomic mass is 16.1. The maximum Gasteiger partial charge on any atom is 0.258 e. The van der Waals surface area contributed by atoms with E-state index in [-0.39, 0.29) is 5.56 Å². The molecule has 4 nitrogen and oxygen atoms in total. The van der Waals surface area contributed by atoms with Crippen LogP contribution in [-0.4, -0.2) is 36.7 Å². The summed E-state index contributed by atoms with van der Waals surface area (Å²) in [6.45, 7) is 1.87. The molecule has 1 aromatic carbocycles. The summed E-state index contributed by atoms with van der Waals surface area (Å²) in [5.41, 5.74) is 1.10. The van der Waals surface area contributed by atoms with E-state index in [1.165, 1.54) is 0 Å². The molecule has 0 unspecified atom stereocenters. The van der Waals surface area contributed by atoms with Crippen molar-refractivity contribution in [3.8, 4) is 0 Å². The van der Waals surface area contributed by atoms with E-state index < -0.39 is 0 Å². The average molecular weight is 245 g/mol. The second-order valence-electron chi connectivity index (χ2n) is 4.76. The first-order valence-electron chi connectivity index (χ1n) is 6.06. The van der Waals surface area contributed by atoms with E-state index in [1.54, 1.807) is 17.8 Å². The number of fused-ring (bicyclic) bond motifs is 1. The van der Waals surface area contributed by atoms with E-state index in [0.29, 0.717) is 0 Å². The SMILES string of the molecule is CN(C)CCNc1ccc2c(=O)n(C)ccc2c1. The number of likely N-dealkylation sites (N-methyl/N-ethyl adjacent to an activating group) is 1. The molecule has 0 radical (unpaired) electrons. The minimum atomic E-state index is 0.0485. The summed E-state index contributed by atoms with van der Waals surface area (Å²) in [4.78, 5) is 14.0. The van der Waals surface area contributed by atoms with Crippen molar-refractivity contribution in [1.29, 1.82) is 0 Å². The number of hydrogen-bond donors (Lipinski definition) is 1. The van der Waals surface area contributed by atoms with Gasteiger partial charge in [-0.2, -0.15) is 0 Å². The molecular formula is C14H19N3O. The number of nitrogens with one attached hydrogen (secondary N) is 1. The number of benzene rings is 1. The largest absolute Gasteiger partial charge is 0.384 e. The number of rotatable bonds is 4. The van der Waals surface area contributed by atoms with E-state index in [2.05, 4.69) is 10.2 Å². The summed E-state index contributed by atoms with van der Waals surface area (Å²) in [6.07, 6.45) is 1.80. The molecule has 0 bridgehead atoms. The lowest BCUT2D eigenvalue weighted by Gasteiger charge is -2.12. The van der Waals surface area contributed by atoms with Gasteiger partial charge in [0, 0.05) is 37.4 Å². The Hall–Kier alpha value is -1.81. The van der Waals surface area contributed by atoms with Crippen LogP contribution in [0.15, 0.2) is 35.3 Å². The Morgan fingerprint density at radius 3 is 2.78 bits per heavy atom. The fourth-order valence-corrected chi connectivity index (χ4v) is 1.88. The van der Waals surface area contributed by atoms with Gasteiger partial charge in [-0.3, -0.25) is 4.79 Å². The molecule has 0 aliphatic rings. The molecule has 1 aromatic heterocycles. The third-order valence-electron chi connectivity index (χ3n) is 2.97. The van der Waals surface area contributed by atoms with Crippen molar-refractivity contribution in [2.45, 2.75) is 0 Å². The molecule has 2 rings (SSSR count). The van der Waals surface area contributed by atoms with Gasteiger partial charge in [0.05, 0.1) is 0 Å². The lowest BCUT2D eigenvalue weighted by Crippen LogP contribution is -2.20. The van der Waals surface area contributed by atoms with Gasteiger partial charge in [-0.1, -0.05) is 0 Å². The number of pyridine rings is 1. The summed E-state index contributed by atoms with van der Waals surface area (Å²) in [5.74, 6) is 0. The van der Waals surface area contributed by atoms with Gasteiger partial charge in [-0.25, -0.2) is 0 Å². The van der Waals surface area contributed by atoms with Crippen LogP contribution >= 0.6 is 0 Å². The van der Waals surface area contributed by atoms with Gasteiger partial charge in [0.2, 0.25) is 0 Å². The molecule has 0 aliphatic carbocycles. The Morgan fingerprint density at radius 2 is 2.06 bits per heavy atom. The normalized spacial score (nSPS) is 11.1. The summed E-state index contributed by atoms with van der Waals surface area (Å²) >= 11 is 0. The van der Waals surface area contributed by atoms with E-state index in [0.717, 1.165) is 29.5 Å². The quantitative estimate of drug-likeness (QED) is 0.887. The smallest absolute Gasteiger partial charge is 0.258 e. The molecule has 4 heteroatoms. The average Bonchev–Trinajstić information content (AvgIpc) is 2.33. The predicted molar refractivity (Wildman–Crippen MR) is 76.2 cm³/mol. The lowest BCUT2D eigenvalue weighted by atomic mass is 10.1. The first kappa shape index (κ1) is 12.6. The third-order valence-corrected chi connectivity index (χ3v) is 2.97. The Morgan fingerprint density at radius 1 is 1.28 bits per heavy atom. The highest BCUT2D eigenvalue weighted by molar-refractivity contribution is 5.84. The number of aryl methyl sites for hydroxylation is 1. The maximum absolute atomic E-state index is 11.9. The van der Waals surface area contributed by atoms with Crippen molar-refractivity contribution in [1.82, 2.24) is 9.47 Å². The zero-order valence-electron chi connectivity index (χ0n) is 11.1. The Labute approximate surface area is 107 Å². The van der Waals surface area contributed by atoms with Crippen LogP contribution in [0, 0.1) is 0 Å². The zero-order valence-corrected chi connectivity index (χ0v) is 11.1.